The van der Waals surface area contributed by atoms with Crippen molar-refractivity contribution in [2.75, 3.05) is 18.4 Å². The molecule has 0 spiro atoms. The standard InChI is InChI=1S/C23H21ClFN3O3/c1-14-19(21(27-31-14)20-17(24)10-5-11-18(20)25)23(30)28-12-6-7-15(13-28)22(29)26-16-8-3-2-4-9-16/h2-5,8-11,15H,6-7,12-13H2,1H3,(H,26,29)/t15-/m1/s1. The van der Waals surface area contributed by atoms with Gasteiger partial charge in [-0.1, -0.05) is 41.0 Å². The summed E-state index contributed by atoms with van der Waals surface area (Å²) >= 11 is 6.18. The minimum absolute atomic E-state index is 0.0275. The summed E-state index contributed by atoms with van der Waals surface area (Å²) in [4.78, 5) is 27.7. The third-order valence-corrected chi connectivity index (χ3v) is 5.71. The zero-order valence-corrected chi connectivity index (χ0v) is 17.7. The Balaban J connectivity index is 1.56. The van der Waals surface area contributed by atoms with Crippen molar-refractivity contribution in [3.8, 4) is 11.3 Å². The SMILES string of the molecule is Cc1onc(-c2c(F)cccc2Cl)c1C(=O)N1CCC[C@@H](C(=O)Nc2ccccc2)C1. The monoisotopic (exact) mass is 441 g/mol. The van der Waals surface area contributed by atoms with Crippen LogP contribution in [0.4, 0.5) is 10.1 Å². The van der Waals surface area contributed by atoms with Gasteiger partial charge in [-0.25, -0.2) is 4.39 Å². The van der Waals surface area contributed by atoms with Crippen molar-refractivity contribution in [3.05, 3.63) is 70.7 Å². The number of aromatic nitrogens is 1. The summed E-state index contributed by atoms with van der Waals surface area (Å²) in [7, 11) is 0. The summed E-state index contributed by atoms with van der Waals surface area (Å²) in [5.41, 5.74) is 0.972. The van der Waals surface area contributed by atoms with Crippen molar-refractivity contribution in [1.82, 2.24) is 10.1 Å². The largest absolute Gasteiger partial charge is 0.360 e. The minimum Gasteiger partial charge on any atom is -0.360 e. The lowest BCUT2D eigenvalue weighted by molar-refractivity contribution is -0.121. The molecule has 31 heavy (non-hydrogen) atoms. The molecule has 1 aliphatic rings. The highest BCUT2D eigenvalue weighted by atomic mass is 35.5. The van der Waals surface area contributed by atoms with Gasteiger partial charge >= 0.3 is 0 Å². The number of likely N-dealkylation sites (tertiary alicyclic amines) is 1. The lowest BCUT2D eigenvalue weighted by Gasteiger charge is -2.32. The molecule has 1 aromatic heterocycles. The molecule has 0 unspecified atom stereocenters. The maximum Gasteiger partial charge on any atom is 0.259 e. The van der Waals surface area contributed by atoms with E-state index < -0.39 is 5.82 Å². The maximum atomic E-state index is 14.5. The van der Waals surface area contributed by atoms with Crippen LogP contribution in [-0.2, 0) is 4.79 Å². The van der Waals surface area contributed by atoms with E-state index in [-0.39, 0.29) is 51.9 Å². The molecule has 3 aromatic rings. The van der Waals surface area contributed by atoms with Crippen LogP contribution in [0.2, 0.25) is 5.02 Å². The summed E-state index contributed by atoms with van der Waals surface area (Å²) in [6.07, 6.45) is 1.36. The van der Waals surface area contributed by atoms with Crippen LogP contribution in [0.15, 0.2) is 53.1 Å². The Morgan fingerprint density at radius 3 is 2.71 bits per heavy atom. The maximum absolute atomic E-state index is 14.5. The number of carbonyl (C=O) groups excluding carboxylic acids is 2. The molecule has 2 heterocycles. The average Bonchev–Trinajstić information content (AvgIpc) is 3.15. The molecule has 1 N–H and O–H groups in total. The Kier molecular flexibility index (Phi) is 6.04. The predicted octanol–water partition coefficient (Wildman–Crippen LogP) is 4.93. The highest BCUT2D eigenvalue weighted by Crippen LogP contribution is 2.34. The van der Waals surface area contributed by atoms with E-state index >= 15 is 0 Å². The minimum atomic E-state index is -0.589. The fourth-order valence-corrected chi connectivity index (χ4v) is 4.07. The van der Waals surface area contributed by atoms with Gasteiger partial charge in [-0.15, -0.1) is 0 Å². The van der Waals surface area contributed by atoms with E-state index in [2.05, 4.69) is 10.5 Å². The third kappa shape index (κ3) is 4.32. The van der Waals surface area contributed by atoms with Crippen LogP contribution >= 0.6 is 11.6 Å². The number of hydrogen-bond donors (Lipinski definition) is 1. The molecule has 0 aliphatic carbocycles. The van der Waals surface area contributed by atoms with Crippen molar-refractivity contribution in [2.45, 2.75) is 19.8 Å². The molecule has 1 fully saturated rings. The van der Waals surface area contributed by atoms with E-state index in [1.807, 2.05) is 30.3 Å². The Labute approximate surface area is 184 Å². The highest BCUT2D eigenvalue weighted by Gasteiger charge is 2.33. The number of nitrogens with zero attached hydrogens (tertiary/aromatic N) is 2. The van der Waals surface area contributed by atoms with Gasteiger partial charge in [0.25, 0.3) is 5.91 Å². The second kappa shape index (κ2) is 8.89. The van der Waals surface area contributed by atoms with Crippen LogP contribution in [0.3, 0.4) is 0 Å². The number of amides is 2. The van der Waals surface area contributed by atoms with Crippen molar-refractivity contribution in [3.63, 3.8) is 0 Å². The molecule has 1 saturated heterocycles. The van der Waals surface area contributed by atoms with Gasteiger partial charge < -0.3 is 14.7 Å². The van der Waals surface area contributed by atoms with Crippen molar-refractivity contribution >= 4 is 29.1 Å². The highest BCUT2D eigenvalue weighted by molar-refractivity contribution is 6.33. The van der Waals surface area contributed by atoms with Crippen LogP contribution in [-0.4, -0.2) is 35.0 Å². The molecule has 1 aliphatic heterocycles. The number of carbonyl (C=O) groups is 2. The first-order chi connectivity index (χ1) is 15.0. The van der Waals surface area contributed by atoms with Crippen LogP contribution in [0.1, 0.15) is 29.0 Å². The van der Waals surface area contributed by atoms with Crippen LogP contribution in [0, 0.1) is 18.7 Å². The second-order valence-corrected chi connectivity index (χ2v) is 7.91. The molecule has 8 heteroatoms. The Morgan fingerprint density at radius 2 is 1.97 bits per heavy atom. The van der Waals surface area contributed by atoms with Crippen molar-refractivity contribution in [1.29, 1.82) is 0 Å². The normalized spacial score (nSPS) is 16.2. The average molecular weight is 442 g/mol. The lowest BCUT2D eigenvalue weighted by Crippen LogP contribution is -2.44. The van der Waals surface area contributed by atoms with Gasteiger partial charge in [-0.2, -0.15) is 0 Å². The first kappa shape index (κ1) is 21.1. The van der Waals surface area contributed by atoms with E-state index in [4.69, 9.17) is 16.1 Å². The van der Waals surface area contributed by atoms with Gasteiger partial charge in [0.2, 0.25) is 5.91 Å². The summed E-state index contributed by atoms with van der Waals surface area (Å²) in [5.74, 6) is -1.16. The van der Waals surface area contributed by atoms with E-state index in [0.717, 1.165) is 0 Å². The number of benzene rings is 2. The van der Waals surface area contributed by atoms with Crippen molar-refractivity contribution in [2.24, 2.45) is 5.92 Å². The molecule has 4 rings (SSSR count). The van der Waals surface area contributed by atoms with Crippen LogP contribution in [0.5, 0.6) is 0 Å². The fraction of sp³-hybridized carbons (Fsp3) is 0.261. The number of halogens is 2. The Hall–Kier alpha value is -3.19. The number of rotatable bonds is 4. The first-order valence-electron chi connectivity index (χ1n) is 10.0. The number of aryl methyl sites for hydroxylation is 1. The smallest absolute Gasteiger partial charge is 0.259 e. The number of anilines is 1. The Morgan fingerprint density at radius 1 is 1.19 bits per heavy atom. The quantitative estimate of drug-likeness (QED) is 0.622. The van der Waals surface area contributed by atoms with Gasteiger partial charge in [0, 0.05) is 18.8 Å². The molecular weight excluding hydrogens is 421 g/mol. The lowest BCUT2D eigenvalue weighted by atomic mass is 9.95. The van der Waals surface area contributed by atoms with Gasteiger partial charge in [0.1, 0.15) is 22.8 Å². The predicted molar refractivity (Wildman–Crippen MR) is 115 cm³/mol. The van der Waals surface area contributed by atoms with Gasteiger partial charge in [0.05, 0.1) is 16.5 Å². The number of para-hydroxylation sites is 1. The summed E-state index contributed by atoms with van der Waals surface area (Å²) < 4.78 is 19.7. The summed E-state index contributed by atoms with van der Waals surface area (Å²) in [6.45, 7) is 2.34. The Bertz CT molecular complexity index is 1100. The van der Waals surface area contributed by atoms with E-state index in [9.17, 15) is 14.0 Å². The zero-order chi connectivity index (χ0) is 22.0. The molecule has 2 aromatic carbocycles. The van der Waals surface area contributed by atoms with E-state index in [1.165, 1.54) is 18.2 Å². The molecule has 0 radical (unpaired) electrons. The van der Waals surface area contributed by atoms with Crippen molar-refractivity contribution < 1.29 is 18.5 Å². The first-order valence-corrected chi connectivity index (χ1v) is 10.4. The zero-order valence-electron chi connectivity index (χ0n) is 16.9. The summed E-state index contributed by atoms with van der Waals surface area (Å²) in [5, 5.41) is 6.94. The summed E-state index contributed by atoms with van der Waals surface area (Å²) in [6, 6.07) is 13.5. The molecular formula is C23H21ClFN3O3. The topological polar surface area (TPSA) is 75.4 Å². The van der Waals surface area contributed by atoms with Gasteiger partial charge in [-0.05, 0) is 44.0 Å². The number of piperidine rings is 1. The second-order valence-electron chi connectivity index (χ2n) is 7.50. The molecule has 1 atom stereocenters. The van der Waals surface area contributed by atoms with Crippen LogP contribution in [0.25, 0.3) is 11.3 Å². The number of nitrogens with one attached hydrogen (secondary N) is 1. The third-order valence-electron chi connectivity index (χ3n) is 5.40. The van der Waals surface area contributed by atoms with Gasteiger partial charge in [0.15, 0.2) is 0 Å². The molecule has 2 amide bonds. The molecule has 0 saturated carbocycles. The number of hydrogen-bond acceptors (Lipinski definition) is 4. The molecule has 6 nitrogen and oxygen atoms in total. The molecule has 160 valence electrons. The van der Waals surface area contributed by atoms with Gasteiger partial charge in [-0.3, -0.25) is 9.59 Å². The molecule has 0 bridgehead atoms. The van der Waals surface area contributed by atoms with E-state index in [0.29, 0.717) is 25.1 Å². The van der Waals surface area contributed by atoms with Crippen LogP contribution < -0.4 is 5.32 Å². The van der Waals surface area contributed by atoms with E-state index in [1.54, 1.807) is 11.8 Å². The fourth-order valence-electron chi connectivity index (χ4n) is 3.82.